The summed E-state index contributed by atoms with van der Waals surface area (Å²) in [5, 5.41) is 3.02. The lowest BCUT2D eigenvalue weighted by molar-refractivity contribution is -0.132. The summed E-state index contributed by atoms with van der Waals surface area (Å²) in [6.07, 6.45) is 5.67. The molecule has 0 radical (unpaired) electrons. The molecule has 1 rings (SSSR count). The number of hydrogen-bond donors (Lipinski definition) is 1. The minimum absolute atomic E-state index is 0.319. The Labute approximate surface area is 93.2 Å². The van der Waals surface area contributed by atoms with Crippen LogP contribution < -0.4 is 5.32 Å². The van der Waals surface area contributed by atoms with Crippen LogP contribution in [0.5, 0.6) is 0 Å². The van der Waals surface area contributed by atoms with E-state index in [9.17, 15) is 4.79 Å². The van der Waals surface area contributed by atoms with E-state index < -0.39 is 0 Å². The van der Waals surface area contributed by atoms with Gasteiger partial charge in [0, 0.05) is 26.1 Å². The van der Waals surface area contributed by atoms with E-state index in [1.165, 1.54) is 25.7 Å². The molecule has 3 nitrogen and oxygen atoms in total. The molecule has 1 aliphatic heterocycles. The number of rotatable bonds is 5. The average molecular weight is 212 g/mol. The molecule has 1 N–H and O–H groups in total. The Bertz CT molecular complexity index is 186. The Kier molecular flexibility index (Phi) is 5.69. The van der Waals surface area contributed by atoms with Crippen LogP contribution >= 0.6 is 0 Å². The molecule has 0 atom stereocenters. The minimum atomic E-state index is 0.319. The number of carbonyl (C=O) groups is 1. The van der Waals surface area contributed by atoms with Gasteiger partial charge in [0.1, 0.15) is 0 Å². The van der Waals surface area contributed by atoms with E-state index in [1.54, 1.807) is 0 Å². The van der Waals surface area contributed by atoms with E-state index in [1.807, 2.05) is 11.9 Å². The van der Waals surface area contributed by atoms with E-state index in [0.717, 1.165) is 25.6 Å². The van der Waals surface area contributed by atoms with Crippen LogP contribution in [0.4, 0.5) is 0 Å². The zero-order valence-electron chi connectivity index (χ0n) is 10.1. The molecule has 0 saturated carbocycles. The zero-order valence-corrected chi connectivity index (χ0v) is 10.1. The van der Waals surface area contributed by atoms with Gasteiger partial charge in [-0.1, -0.05) is 19.8 Å². The highest BCUT2D eigenvalue weighted by Crippen LogP contribution is 2.21. The van der Waals surface area contributed by atoms with Gasteiger partial charge in [0.05, 0.1) is 0 Å². The van der Waals surface area contributed by atoms with Gasteiger partial charge in [-0.3, -0.25) is 4.79 Å². The van der Waals surface area contributed by atoms with Crippen LogP contribution in [0.1, 0.15) is 39.0 Å². The monoisotopic (exact) mass is 212 g/mol. The molecule has 1 heterocycles. The van der Waals surface area contributed by atoms with Gasteiger partial charge in [0.2, 0.25) is 5.91 Å². The van der Waals surface area contributed by atoms with E-state index in [2.05, 4.69) is 12.2 Å². The highest BCUT2D eigenvalue weighted by atomic mass is 16.2. The van der Waals surface area contributed by atoms with Gasteiger partial charge in [0.25, 0.3) is 0 Å². The van der Waals surface area contributed by atoms with Gasteiger partial charge in [0.15, 0.2) is 0 Å². The van der Waals surface area contributed by atoms with E-state index in [-0.39, 0.29) is 0 Å². The fourth-order valence-electron chi connectivity index (χ4n) is 2.27. The van der Waals surface area contributed by atoms with Crippen LogP contribution in [0.3, 0.4) is 0 Å². The predicted molar refractivity (Wildman–Crippen MR) is 62.8 cm³/mol. The number of amides is 1. The number of nitrogens with zero attached hydrogens (tertiary/aromatic N) is 1. The standard InChI is InChI=1S/C12H24N2O/c1-3-4-11-6-9-14(10-7-11)12(15)5-8-13-2/h11,13H,3-10H2,1-2H3. The summed E-state index contributed by atoms with van der Waals surface area (Å²) in [4.78, 5) is 13.7. The molecule has 0 unspecified atom stereocenters. The molecule has 0 bridgehead atoms. The van der Waals surface area contributed by atoms with Crippen molar-refractivity contribution in [2.75, 3.05) is 26.7 Å². The van der Waals surface area contributed by atoms with Crippen LogP contribution in [0.2, 0.25) is 0 Å². The first-order chi connectivity index (χ1) is 7.27. The number of carbonyl (C=O) groups excluding carboxylic acids is 1. The second-order valence-corrected chi connectivity index (χ2v) is 4.47. The molecule has 1 amide bonds. The van der Waals surface area contributed by atoms with Crippen molar-refractivity contribution < 1.29 is 4.79 Å². The first-order valence-electron chi connectivity index (χ1n) is 6.20. The molecule has 0 aromatic heterocycles. The van der Waals surface area contributed by atoms with Gasteiger partial charge in [-0.2, -0.15) is 0 Å². The predicted octanol–water partition coefficient (Wildman–Crippen LogP) is 1.63. The number of nitrogens with one attached hydrogen (secondary N) is 1. The van der Waals surface area contributed by atoms with Gasteiger partial charge >= 0.3 is 0 Å². The molecule has 3 heteroatoms. The minimum Gasteiger partial charge on any atom is -0.343 e. The Hall–Kier alpha value is -0.570. The summed E-state index contributed by atoms with van der Waals surface area (Å²) in [5.74, 6) is 1.18. The Morgan fingerprint density at radius 3 is 2.60 bits per heavy atom. The molecule has 0 aliphatic carbocycles. The smallest absolute Gasteiger partial charge is 0.223 e. The Morgan fingerprint density at radius 1 is 1.40 bits per heavy atom. The number of hydrogen-bond acceptors (Lipinski definition) is 2. The topological polar surface area (TPSA) is 32.3 Å². The summed E-state index contributed by atoms with van der Waals surface area (Å²) < 4.78 is 0. The third-order valence-electron chi connectivity index (χ3n) is 3.25. The first kappa shape index (κ1) is 12.5. The lowest BCUT2D eigenvalue weighted by Gasteiger charge is -2.32. The van der Waals surface area contributed by atoms with Crippen LogP contribution in [0.25, 0.3) is 0 Å². The maximum Gasteiger partial charge on any atom is 0.223 e. The summed E-state index contributed by atoms with van der Waals surface area (Å²) in [6.45, 7) is 5.00. The van der Waals surface area contributed by atoms with Crippen LogP contribution in [0, 0.1) is 5.92 Å². The van der Waals surface area contributed by atoms with Gasteiger partial charge in [-0.25, -0.2) is 0 Å². The summed E-state index contributed by atoms with van der Waals surface area (Å²) >= 11 is 0. The van der Waals surface area contributed by atoms with Crippen molar-refractivity contribution in [2.24, 2.45) is 5.92 Å². The largest absolute Gasteiger partial charge is 0.343 e. The van der Waals surface area contributed by atoms with Crippen molar-refractivity contribution in [3.8, 4) is 0 Å². The van der Waals surface area contributed by atoms with Crippen LogP contribution in [-0.4, -0.2) is 37.5 Å². The quantitative estimate of drug-likeness (QED) is 0.751. The summed E-state index contributed by atoms with van der Waals surface area (Å²) in [7, 11) is 1.89. The second-order valence-electron chi connectivity index (χ2n) is 4.47. The van der Waals surface area contributed by atoms with Crippen molar-refractivity contribution in [1.82, 2.24) is 10.2 Å². The molecule has 0 spiro atoms. The Morgan fingerprint density at radius 2 is 2.07 bits per heavy atom. The molecular formula is C12H24N2O. The molecule has 1 saturated heterocycles. The number of likely N-dealkylation sites (tertiary alicyclic amines) is 1. The van der Waals surface area contributed by atoms with Gasteiger partial charge < -0.3 is 10.2 Å². The fourth-order valence-corrected chi connectivity index (χ4v) is 2.27. The lowest BCUT2D eigenvalue weighted by Crippen LogP contribution is -2.39. The van der Waals surface area contributed by atoms with Crippen LogP contribution in [0.15, 0.2) is 0 Å². The lowest BCUT2D eigenvalue weighted by atomic mass is 9.92. The zero-order chi connectivity index (χ0) is 11.1. The third-order valence-corrected chi connectivity index (χ3v) is 3.25. The summed E-state index contributed by atoms with van der Waals surface area (Å²) in [6, 6.07) is 0. The van der Waals surface area contributed by atoms with Crippen molar-refractivity contribution in [3.05, 3.63) is 0 Å². The normalized spacial score (nSPS) is 18.1. The SMILES string of the molecule is CCCC1CCN(C(=O)CCNC)CC1. The Balaban J connectivity index is 2.21. The van der Waals surface area contributed by atoms with Crippen molar-refractivity contribution in [1.29, 1.82) is 0 Å². The molecule has 15 heavy (non-hydrogen) atoms. The highest BCUT2D eigenvalue weighted by molar-refractivity contribution is 5.76. The fraction of sp³-hybridized carbons (Fsp3) is 0.917. The van der Waals surface area contributed by atoms with E-state index in [4.69, 9.17) is 0 Å². The van der Waals surface area contributed by atoms with Crippen molar-refractivity contribution >= 4 is 5.91 Å². The average Bonchev–Trinajstić information content (AvgIpc) is 2.27. The van der Waals surface area contributed by atoms with Crippen molar-refractivity contribution in [3.63, 3.8) is 0 Å². The third kappa shape index (κ3) is 4.20. The maximum absolute atomic E-state index is 11.7. The molecule has 88 valence electrons. The van der Waals surface area contributed by atoms with Crippen LogP contribution in [-0.2, 0) is 4.79 Å². The van der Waals surface area contributed by atoms with Gasteiger partial charge in [-0.15, -0.1) is 0 Å². The molecule has 1 aliphatic rings. The molecule has 1 fully saturated rings. The van der Waals surface area contributed by atoms with E-state index in [0.29, 0.717) is 12.3 Å². The number of piperidine rings is 1. The maximum atomic E-state index is 11.7. The van der Waals surface area contributed by atoms with E-state index >= 15 is 0 Å². The van der Waals surface area contributed by atoms with Gasteiger partial charge in [-0.05, 0) is 25.8 Å². The highest BCUT2D eigenvalue weighted by Gasteiger charge is 2.21. The first-order valence-corrected chi connectivity index (χ1v) is 6.20. The summed E-state index contributed by atoms with van der Waals surface area (Å²) in [5.41, 5.74) is 0. The van der Waals surface area contributed by atoms with Crippen molar-refractivity contribution in [2.45, 2.75) is 39.0 Å². The molecule has 0 aromatic rings. The molecular weight excluding hydrogens is 188 g/mol. The molecule has 0 aromatic carbocycles. The second kappa shape index (κ2) is 6.83.